The highest BCUT2D eigenvalue weighted by Gasteiger charge is 2.06. The molecule has 0 saturated carbocycles. The summed E-state index contributed by atoms with van der Waals surface area (Å²) in [6, 6.07) is 4.58. The molecule has 2 aromatic rings. The van der Waals surface area contributed by atoms with Crippen molar-refractivity contribution in [1.82, 2.24) is 15.0 Å². The fraction of sp³-hybridized carbons (Fsp3) is 0.250. The Kier molecular flexibility index (Phi) is 4.92. The number of ether oxygens (including phenoxy) is 1. The molecule has 20 heavy (non-hydrogen) atoms. The molecule has 106 valence electrons. The van der Waals surface area contributed by atoms with Crippen molar-refractivity contribution in [1.29, 1.82) is 0 Å². The predicted molar refractivity (Wildman–Crippen MR) is 74.7 cm³/mol. The molecule has 0 aliphatic rings. The molecule has 0 amide bonds. The van der Waals surface area contributed by atoms with E-state index in [9.17, 15) is 4.39 Å². The SMILES string of the molecule is CCOc1nc(Cl)nc(NCc2ccc(F)c(Cl)c2)n1. The van der Waals surface area contributed by atoms with Crippen LogP contribution in [-0.2, 0) is 6.54 Å². The fourth-order valence-electron chi connectivity index (χ4n) is 1.44. The third-order valence-electron chi connectivity index (χ3n) is 2.30. The summed E-state index contributed by atoms with van der Waals surface area (Å²) in [6.45, 7) is 2.60. The molecule has 0 spiro atoms. The first-order valence-electron chi connectivity index (χ1n) is 5.80. The predicted octanol–water partition coefficient (Wildman–Crippen LogP) is 3.33. The zero-order chi connectivity index (χ0) is 14.5. The summed E-state index contributed by atoms with van der Waals surface area (Å²) in [4.78, 5) is 11.8. The highest BCUT2D eigenvalue weighted by atomic mass is 35.5. The van der Waals surface area contributed by atoms with Crippen molar-refractivity contribution in [2.24, 2.45) is 0 Å². The van der Waals surface area contributed by atoms with Crippen LogP contribution in [0.1, 0.15) is 12.5 Å². The van der Waals surface area contributed by atoms with Crippen molar-refractivity contribution in [2.75, 3.05) is 11.9 Å². The third-order valence-corrected chi connectivity index (χ3v) is 2.75. The van der Waals surface area contributed by atoms with E-state index in [0.717, 1.165) is 5.56 Å². The van der Waals surface area contributed by atoms with Gasteiger partial charge in [-0.15, -0.1) is 0 Å². The quantitative estimate of drug-likeness (QED) is 0.916. The lowest BCUT2D eigenvalue weighted by Crippen LogP contribution is -2.07. The molecule has 2 rings (SSSR count). The molecule has 5 nitrogen and oxygen atoms in total. The number of rotatable bonds is 5. The van der Waals surface area contributed by atoms with Crippen molar-refractivity contribution in [2.45, 2.75) is 13.5 Å². The summed E-state index contributed by atoms with van der Waals surface area (Å²) in [6.07, 6.45) is 0. The van der Waals surface area contributed by atoms with E-state index < -0.39 is 5.82 Å². The Bertz CT molecular complexity index is 612. The summed E-state index contributed by atoms with van der Waals surface area (Å²) in [7, 11) is 0. The van der Waals surface area contributed by atoms with Crippen LogP contribution in [0.5, 0.6) is 6.01 Å². The summed E-state index contributed by atoms with van der Waals surface area (Å²) in [5.41, 5.74) is 0.783. The van der Waals surface area contributed by atoms with Crippen LogP contribution in [0.2, 0.25) is 10.3 Å². The Balaban J connectivity index is 2.08. The molecule has 1 N–H and O–H groups in total. The summed E-state index contributed by atoms with van der Waals surface area (Å²) in [5, 5.41) is 3.03. The molecule has 0 unspecified atom stereocenters. The Morgan fingerprint density at radius 3 is 2.75 bits per heavy atom. The number of hydrogen-bond donors (Lipinski definition) is 1. The van der Waals surface area contributed by atoms with Crippen molar-refractivity contribution < 1.29 is 9.13 Å². The lowest BCUT2D eigenvalue weighted by Gasteiger charge is -2.07. The Labute approximate surface area is 125 Å². The fourth-order valence-corrected chi connectivity index (χ4v) is 1.79. The first-order chi connectivity index (χ1) is 9.58. The number of halogens is 3. The van der Waals surface area contributed by atoms with E-state index in [4.69, 9.17) is 27.9 Å². The number of aromatic nitrogens is 3. The van der Waals surface area contributed by atoms with E-state index in [1.54, 1.807) is 6.07 Å². The highest BCUT2D eigenvalue weighted by Crippen LogP contribution is 2.17. The summed E-state index contributed by atoms with van der Waals surface area (Å²) in [5.74, 6) is -0.189. The van der Waals surface area contributed by atoms with Crippen LogP contribution in [0.3, 0.4) is 0 Å². The number of benzene rings is 1. The molecule has 1 aromatic heterocycles. The molecule has 0 bridgehead atoms. The zero-order valence-corrected chi connectivity index (χ0v) is 12.0. The van der Waals surface area contributed by atoms with Gasteiger partial charge < -0.3 is 10.1 Å². The Morgan fingerprint density at radius 2 is 2.05 bits per heavy atom. The van der Waals surface area contributed by atoms with Gasteiger partial charge in [0.1, 0.15) is 5.82 Å². The van der Waals surface area contributed by atoms with Gasteiger partial charge in [0.15, 0.2) is 0 Å². The molecular formula is C12H11Cl2FN4O. The molecule has 1 aromatic carbocycles. The molecule has 0 fully saturated rings. The van der Waals surface area contributed by atoms with E-state index in [-0.39, 0.29) is 22.3 Å². The van der Waals surface area contributed by atoms with Crippen LogP contribution >= 0.6 is 23.2 Å². The number of nitrogens with one attached hydrogen (secondary N) is 1. The van der Waals surface area contributed by atoms with Gasteiger partial charge >= 0.3 is 6.01 Å². The van der Waals surface area contributed by atoms with Gasteiger partial charge in [-0.3, -0.25) is 0 Å². The second-order valence-electron chi connectivity index (χ2n) is 3.75. The van der Waals surface area contributed by atoms with E-state index in [2.05, 4.69) is 20.3 Å². The van der Waals surface area contributed by atoms with Crippen LogP contribution in [0.4, 0.5) is 10.3 Å². The standard InChI is InChI=1S/C12H11Cl2FN4O/c1-2-20-12-18-10(14)17-11(19-12)16-6-7-3-4-9(15)8(13)5-7/h3-5H,2,6H2,1H3,(H,16,17,18,19). The minimum atomic E-state index is -0.461. The number of anilines is 1. The maximum atomic E-state index is 13.0. The van der Waals surface area contributed by atoms with Gasteiger partial charge in [-0.2, -0.15) is 15.0 Å². The summed E-state index contributed by atoms with van der Waals surface area (Å²) >= 11 is 11.5. The van der Waals surface area contributed by atoms with Gasteiger partial charge in [0.25, 0.3) is 0 Å². The smallest absolute Gasteiger partial charge is 0.322 e. The first kappa shape index (κ1) is 14.7. The average molecular weight is 317 g/mol. The van der Waals surface area contributed by atoms with Crippen molar-refractivity contribution >= 4 is 29.2 Å². The molecule has 8 heteroatoms. The largest absolute Gasteiger partial charge is 0.464 e. The van der Waals surface area contributed by atoms with Gasteiger partial charge in [0, 0.05) is 6.54 Å². The van der Waals surface area contributed by atoms with Crippen molar-refractivity contribution in [3.63, 3.8) is 0 Å². The molecule has 1 heterocycles. The molecule has 0 atom stereocenters. The molecule has 0 aliphatic heterocycles. The van der Waals surface area contributed by atoms with E-state index >= 15 is 0 Å². The van der Waals surface area contributed by atoms with Crippen molar-refractivity contribution in [3.05, 3.63) is 39.9 Å². The summed E-state index contributed by atoms with van der Waals surface area (Å²) < 4.78 is 18.2. The second-order valence-corrected chi connectivity index (χ2v) is 4.49. The first-order valence-corrected chi connectivity index (χ1v) is 6.56. The lowest BCUT2D eigenvalue weighted by molar-refractivity contribution is 0.312. The topological polar surface area (TPSA) is 59.9 Å². The molecule has 0 aliphatic carbocycles. The number of nitrogens with zero attached hydrogens (tertiary/aromatic N) is 3. The minimum Gasteiger partial charge on any atom is -0.464 e. The van der Waals surface area contributed by atoms with Gasteiger partial charge in [-0.05, 0) is 36.2 Å². The Hall–Kier alpha value is -1.66. The van der Waals surface area contributed by atoms with Crippen LogP contribution in [0.15, 0.2) is 18.2 Å². The van der Waals surface area contributed by atoms with Crippen LogP contribution < -0.4 is 10.1 Å². The van der Waals surface area contributed by atoms with E-state index in [1.807, 2.05) is 6.92 Å². The minimum absolute atomic E-state index is 0.0306. The lowest BCUT2D eigenvalue weighted by atomic mass is 10.2. The second kappa shape index (κ2) is 6.67. The number of hydrogen-bond acceptors (Lipinski definition) is 5. The van der Waals surface area contributed by atoms with Gasteiger partial charge in [-0.25, -0.2) is 4.39 Å². The van der Waals surface area contributed by atoms with Crippen LogP contribution in [0, 0.1) is 5.82 Å². The maximum absolute atomic E-state index is 13.0. The molecule has 0 saturated heterocycles. The monoisotopic (exact) mass is 316 g/mol. The average Bonchev–Trinajstić information content (AvgIpc) is 2.40. The van der Waals surface area contributed by atoms with E-state index in [1.165, 1.54) is 12.1 Å². The van der Waals surface area contributed by atoms with Gasteiger partial charge in [0.05, 0.1) is 11.6 Å². The normalized spacial score (nSPS) is 10.4. The van der Waals surface area contributed by atoms with Crippen molar-refractivity contribution in [3.8, 4) is 6.01 Å². The van der Waals surface area contributed by atoms with Crippen LogP contribution in [0.25, 0.3) is 0 Å². The zero-order valence-electron chi connectivity index (χ0n) is 10.5. The van der Waals surface area contributed by atoms with E-state index in [0.29, 0.717) is 13.2 Å². The highest BCUT2D eigenvalue weighted by molar-refractivity contribution is 6.30. The third kappa shape index (κ3) is 3.91. The molecular weight excluding hydrogens is 306 g/mol. The maximum Gasteiger partial charge on any atom is 0.322 e. The van der Waals surface area contributed by atoms with Crippen LogP contribution in [-0.4, -0.2) is 21.6 Å². The Morgan fingerprint density at radius 1 is 1.25 bits per heavy atom. The molecule has 0 radical (unpaired) electrons. The van der Waals surface area contributed by atoms with Gasteiger partial charge in [-0.1, -0.05) is 17.7 Å². The van der Waals surface area contributed by atoms with Gasteiger partial charge in [0.2, 0.25) is 11.2 Å².